The Morgan fingerprint density at radius 2 is 2.21 bits per heavy atom. The minimum absolute atomic E-state index is 0.0254. The summed E-state index contributed by atoms with van der Waals surface area (Å²) in [7, 11) is 0. The third-order valence-electron chi connectivity index (χ3n) is 2.74. The third-order valence-corrected chi connectivity index (χ3v) is 3.98. The smallest absolute Gasteiger partial charge is 0.230 e. The van der Waals surface area contributed by atoms with Crippen LogP contribution in [0.25, 0.3) is 0 Å². The molecule has 1 amide bonds. The maximum Gasteiger partial charge on any atom is 0.230 e. The minimum Gasteiger partial charge on any atom is -0.394 e. The molecule has 0 aliphatic carbocycles. The van der Waals surface area contributed by atoms with Crippen molar-refractivity contribution in [2.45, 2.75) is 25.6 Å². The average molecular weight is 302 g/mol. The number of benzene rings is 1. The van der Waals surface area contributed by atoms with Crippen molar-refractivity contribution < 1.29 is 9.90 Å². The van der Waals surface area contributed by atoms with Crippen LogP contribution in [0.1, 0.15) is 19.4 Å². The van der Waals surface area contributed by atoms with Crippen LogP contribution in [-0.4, -0.2) is 29.4 Å². The van der Waals surface area contributed by atoms with Gasteiger partial charge in [-0.1, -0.05) is 37.6 Å². The first-order valence-corrected chi connectivity index (χ1v) is 7.78. The molecule has 2 N–H and O–H groups in total. The molecule has 19 heavy (non-hydrogen) atoms. The highest BCUT2D eigenvalue weighted by Gasteiger charge is 2.14. The van der Waals surface area contributed by atoms with Gasteiger partial charge in [-0.3, -0.25) is 4.79 Å². The monoisotopic (exact) mass is 301 g/mol. The van der Waals surface area contributed by atoms with E-state index in [-0.39, 0.29) is 24.5 Å². The van der Waals surface area contributed by atoms with Crippen LogP contribution in [0.3, 0.4) is 0 Å². The lowest BCUT2D eigenvalue weighted by atomic mass is 10.1. The van der Waals surface area contributed by atoms with Crippen molar-refractivity contribution in [2.75, 3.05) is 12.4 Å². The number of hydrogen-bond acceptors (Lipinski definition) is 3. The Labute approximate surface area is 123 Å². The Morgan fingerprint density at radius 1 is 1.47 bits per heavy atom. The van der Waals surface area contributed by atoms with Crippen molar-refractivity contribution in [3.63, 3.8) is 0 Å². The molecule has 1 aromatic rings. The summed E-state index contributed by atoms with van der Waals surface area (Å²) in [6, 6.07) is 7.45. The van der Waals surface area contributed by atoms with Gasteiger partial charge in [0.2, 0.25) is 5.91 Å². The number of aliphatic hydroxyl groups excluding tert-OH is 1. The highest BCUT2D eigenvalue weighted by atomic mass is 35.5. The Bertz CT molecular complexity index is 412. The number of hydrogen-bond donors (Lipinski definition) is 2. The summed E-state index contributed by atoms with van der Waals surface area (Å²) in [4.78, 5) is 11.7. The van der Waals surface area contributed by atoms with Crippen molar-refractivity contribution in [3.8, 4) is 0 Å². The predicted molar refractivity (Wildman–Crippen MR) is 81.5 cm³/mol. The number of amides is 1. The first kappa shape index (κ1) is 16.3. The van der Waals surface area contributed by atoms with Crippen LogP contribution < -0.4 is 5.32 Å². The second kappa shape index (κ2) is 8.46. The van der Waals surface area contributed by atoms with Gasteiger partial charge >= 0.3 is 0 Å². The van der Waals surface area contributed by atoms with Gasteiger partial charge < -0.3 is 10.4 Å². The summed E-state index contributed by atoms with van der Waals surface area (Å²) in [6.07, 6.45) is 0. The van der Waals surface area contributed by atoms with E-state index in [1.165, 1.54) is 11.8 Å². The molecule has 0 radical (unpaired) electrons. The van der Waals surface area contributed by atoms with Crippen LogP contribution >= 0.6 is 23.4 Å². The van der Waals surface area contributed by atoms with Crippen LogP contribution in [0.4, 0.5) is 0 Å². The van der Waals surface area contributed by atoms with Gasteiger partial charge in [0.1, 0.15) is 0 Å². The van der Waals surface area contributed by atoms with E-state index < -0.39 is 0 Å². The van der Waals surface area contributed by atoms with Gasteiger partial charge in [-0.15, -0.1) is 11.8 Å². The van der Waals surface area contributed by atoms with Crippen LogP contribution in [-0.2, 0) is 10.5 Å². The van der Waals surface area contributed by atoms with Crippen molar-refractivity contribution in [1.29, 1.82) is 0 Å². The van der Waals surface area contributed by atoms with Gasteiger partial charge in [-0.05, 0) is 23.6 Å². The lowest BCUT2D eigenvalue weighted by Crippen LogP contribution is -2.42. The van der Waals surface area contributed by atoms with Crippen molar-refractivity contribution in [2.24, 2.45) is 5.92 Å². The van der Waals surface area contributed by atoms with E-state index in [9.17, 15) is 4.79 Å². The lowest BCUT2D eigenvalue weighted by molar-refractivity contribution is -0.119. The minimum atomic E-state index is -0.167. The van der Waals surface area contributed by atoms with Crippen molar-refractivity contribution in [3.05, 3.63) is 34.9 Å². The molecular formula is C14H20ClNO2S. The maximum absolute atomic E-state index is 11.7. The highest BCUT2D eigenvalue weighted by Crippen LogP contribution is 2.16. The fourth-order valence-corrected chi connectivity index (χ4v) is 2.56. The molecule has 1 atom stereocenters. The summed E-state index contributed by atoms with van der Waals surface area (Å²) in [5.74, 6) is 1.32. The zero-order chi connectivity index (χ0) is 14.3. The van der Waals surface area contributed by atoms with E-state index in [2.05, 4.69) is 5.32 Å². The number of nitrogens with one attached hydrogen (secondary N) is 1. The first-order chi connectivity index (χ1) is 9.02. The second-order valence-electron chi connectivity index (χ2n) is 4.72. The largest absolute Gasteiger partial charge is 0.394 e. The fourth-order valence-electron chi connectivity index (χ4n) is 1.56. The number of aliphatic hydroxyl groups is 1. The second-order valence-corrected chi connectivity index (χ2v) is 6.15. The molecule has 0 aliphatic heterocycles. The van der Waals surface area contributed by atoms with Crippen LogP contribution in [0, 0.1) is 5.92 Å². The van der Waals surface area contributed by atoms with Gasteiger partial charge in [0.25, 0.3) is 0 Å². The molecule has 0 spiro atoms. The van der Waals surface area contributed by atoms with Gasteiger partial charge in [0, 0.05) is 10.8 Å². The van der Waals surface area contributed by atoms with E-state index >= 15 is 0 Å². The quantitative estimate of drug-likeness (QED) is 0.814. The number of rotatable bonds is 7. The van der Waals surface area contributed by atoms with E-state index in [4.69, 9.17) is 16.7 Å². The Hall–Kier alpha value is -0.710. The number of carbonyl (C=O) groups excluding carboxylic acids is 1. The van der Waals surface area contributed by atoms with Gasteiger partial charge in [0.05, 0.1) is 18.4 Å². The molecule has 1 aromatic carbocycles. The summed E-state index contributed by atoms with van der Waals surface area (Å²) >= 11 is 7.43. The van der Waals surface area contributed by atoms with Gasteiger partial charge in [-0.25, -0.2) is 0 Å². The molecule has 0 aliphatic rings. The molecule has 0 aromatic heterocycles. The number of thioether (sulfide) groups is 1. The molecule has 0 bridgehead atoms. The summed E-state index contributed by atoms with van der Waals surface area (Å²) < 4.78 is 0. The fraction of sp³-hybridized carbons (Fsp3) is 0.500. The van der Waals surface area contributed by atoms with Gasteiger partial charge in [0.15, 0.2) is 0 Å². The topological polar surface area (TPSA) is 49.3 Å². The Morgan fingerprint density at radius 3 is 2.79 bits per heavy atom. The standard InChI is InChI=1S/C14H20ClNO2S/c1-10(2)13(7-17)16-14(18)9-19-8-11-4-3-5-12(15)6-11/h3-6,10,13,17H,7-9H2,1-2H3,(H,16,18). The molecule has 0 fully saturated rings. The number of carbonyl (C=O) groups is 1. The summed E-state index contributed by atoms with van der Waals surface area (Å²) in [5.41, 5.74) is 1.10. The molecule has 1 unspecified atom stereocenters. The zero-order valence-electron chi connectivity index (χ0n) is 11.2. The van der Waals surface area contributed by atoms with Crippen LogP contribution in [0.5, 0.6) is 0 Å². The molecule has 0 saturated heterocycles. The van der Waals surface area contributed by atoms with Crippen LogP contribution in [0.2, 0.25) is 5.02 Å². The predicted octanol–water partition coefficient (Wildman–Crippen LogP) is 2.71. The SMILES string of the molecule is CC(C)C(CO)NC(=O)CSCc1cccc(Cl)c1. The summed E-state index contributed by atoms with van der Waals surface area (Å²) in [6.45, 7) is 3.92. The zero-order valence-corrected chi connectivity index (χ0v) is 12.8. The maximum atomic E-state index is 11.7. The van der Waals surface area contributed by atoms with E-state index in [0.717, 1.165) is 11.3 Å². The van der Waals surface area contributed by atoms with E-state index in [0.29, 0.717) is 10.8 Å². The average Bonchev–Trinajstić information content (AvgIpc) is 2.35. The normalized spacial score (nSPS) is 12.5. The molecular weight excluding hydrogens is 282 g/mol. The van der Waals surface area contributed by atoms with Crippen molar-refractivity contribution in [1.82, 2.24) is 5.32 Å². The molecule has 0 saturated carbocycles. The third kappa shape index (κ3) is 6.32. The molecule has 106 valence electrons. The van der Waals surface area contributed by atoms with Crippen LogP contribution in [0.15, 0.2) is 24.3 Å². The van der Waals surface area contributed by atoms with E-state index in [1.54, 1.807) is 0 Å². The Balaban J connectivity index is 2.31. The lowest BCUT2D eigenvalue weighted by Gasteiger charge is -2.19. The number of halogens is 1. The molecule has 3 nitrogen and oxygen atoms in total. The molecule has 5 heteroatoms. The summed E-state index contributed by atoms with van der Waals surface area (Å²) in [5, 5.41) is 12.7. The molecule has 0 heterocycles. The highest BCUT2D eigenvalue weighted by molar-refractivity contribution is 7.99. The molecule has 1 rings (SSSR count). The Kier molecular flexibility index (Phi) is 7.28. The van der Waals surface area contributed by atoms with E-state index in [1.807, 2.05) is 38.1 Å². The van der Waals surface area contributed by atoms with Crippen molar-refractivity contribution >= 4 is 29.3 Å². The first-order valence-electron chi connectivity index (χ1n) is 6.25. The van der Waals surface area contributed by atoms with Gasteiger partial charge in [-0.2, -0.15) is 0 Å².